The van der Waals surface area contributed by atoms with Crippen molar-refractivity contribution in [1.82, 2.24) is 0 Å². The van der Waals surface area contributed by atoms with Gasteiger partial charge in [0.1, 0.15) is 0 Å². The van der Waals surface area contributed by atoms with Gasteiger partial charge in [0, 0.05) is 10.6 Å². The van der Waals surface area contributed by atoms with Crippen molar-refractivity contribution >= 4 is 29.5 Å². The van der Waals surface area contributed by atoms with Gasteiger partial charge in [-0.25, -0.2) is 0 Å². The molecule has 1 aliphatic heterocycles. The molecule has 0 N–H and O–H groups in total. The lowest BCUT2D eigenvalue weighted by molar-refractivity contribution is -0.137. The molecule has 2 aromatic rings. The number of alkyl halides is 3. The van der Waals surface area contributed by atoms with E-state index >= 15 is 0 Å². The molecule has 2 nitrogen and oxygen atoms in total. The SMILES string of the molecule is O=CN1c2ccccc2CSc2ccc(C(F)(F)F)cc21. The zero-order chi connectivity index (χ0) is 15.0. The number of halogens is 3. The van der Waals surface area contributed by atoms with Crippen LogP contribution < -0.4 is 4.90 Å². The summed E-state index contributed by atoms with van der Waals surface area (Å²) in [5, 5.41) is 0. The van der Waals surface area contributed by atoms with Crippen LogP contribution in [0.15, 0.2) is 47.4 Å². The minimum atomic E-state index is -4.43. The van der Waals surface area contributed by atoms with Crippen LogP contribution in [0.5, 0.6) is 0 Å². The molecule has 0 aromatic heterocycles. The number of benzene rings is 2. The lowest BCUT2D eigenvalue weighted by Crippen LogP contribution is -2.16. The van der Waals surface area contributed by atoms with Crippen LogP contribution in [0.1, 0.15) is 11.1 Å². The molecule has 0 saturated carbocycles. The van der Waals surface area contributed by atoms with Crippen molar-refractivity contribution < 1.29 is 18.0 Å². The Kier molecular flexibility index (Phi) is 3.41. The smallest absolute Gasteiger partial charge is 0.282 e. The van der Waals surface area contributed by atoms with Gasteiger partial charge in [-0.05, 0) is 29.8 Å². The molecule has 0 radical (unpaired) electrons. The van der Waals surface area contributed by atoms with E-state index in [1.54, 1.807) is 12.1 Å². The molecule has 0 atom stereocenters. The Morgan fingerprint density at radius 3 is 2.57 bits per heavy atom. The standard InChI is InChI=1S/C15H10F3NOS/c16-15(17,18)11-5-6-14-13(7-11)19(9-20)12-4-2-1-3-10(12)8-21-14/h1-7,9H,8H2. The number of rotatable bonds is 1. The average molecular weight is 309 g/mol. The number of amides is 1. The summed E-state index contributed by atoms with van der Waals surface area (Å²) in [5.41, 5.74) is 1.06. The van der Waals surface area contributed by atoms with Crippen LogP contribution in [-0.2, 0) is 16.7 Å². The molecule has 2 aromatic carbocycles. The molecule has 3 rings (SSSR count). The summed E-state index contributed by atoms with van der Waals surface area (Å²) in [5.74, 6) is 0.610. The normalized spacial score (nSPS) is 14.1. The number of nitrogens with zero attached hydrogens (tertiary/aromatic N) is 1. The Morgan fingerprint density at radius 1 is 1.10 bits per heavy atom. The van der Waals surface area contributed by atoms with Gasteiger partial charge in [0.15, 0.2) is 0 Å². The molecule has 0 aliphatic carbocycles. The minimum absolute atomic E-state index is 0.273. The number of hydrogen-bond donors (Lipinski definition) is 0. The highest BCUT2D eigenvalue weighted by Crippen LogP contribution is 2.44. The lowest BCUT2D eigenvalue weighted by atomic mass is 10.1. The molecule has 0 fully saturated rings. The quantitative estimate of drug-likeness (QED) is 0.717. The third-order valence-corrected chi connectivity index (χ3v) is 4.40. The van der Waals surface area contributed by atoms with Gasteiger partial charge in [-0.1, -0.05) is 18.2 Å². The van der Waals surface area contributed by atoms with Gasteiger partial charge in [0.25, 0.3) is 0 Å². The highest BCUT2D eigenvalue weighted by atomic mass is 32.2. The Morgan fingerprint density at radius 2 is 1.86 bits per heavy atom. The van der Waals surface area contributed by atoms with Gasteiger partial charge in [0.05, 0.1) is 16.9 Å². The van der Waals surface area contributed by atoms with Crippen LogP contribution in [0.25, 0.3) is 0 Å². The number of para-hydroxylation sites is 1. The number of hydrogen-bond acceptors (Lipinski definition) is 2. The van der Waals surface area contributed by atoms with E-state index in [1.165, 1.54) is 22.7 Å². The largest absolute Gasteiger partial charge is 0.416 e. The maximum atomic E-state index is 12.9. The highest BCUT2D eigenvalue weighted by molar-refractivity contribution is 7.98. The summed E-state index contributed by atoms with van der Waals surface area (Å²) in [6.45, 7) is 0. The fraction of sp³-hybridized carbons (Fsp3) is 0.133. The Hall–Kier alpha value is -1.95. The van der Waals surface area contributed by atoms with Crippen LogP contribution in [-0.4, -0.2) is 6.41 Å². The predicted molar refractivity (Wildman–Crippen MR) is 75.7 cm³/mol. The van der Waals surface area contributed by atoms with Crippen molar-refractivity contribution in [2.75, 3.05) is 4.90 Å². The summed E-state index contributed by atoms with van der Waals surface area (Å²) >= 11 is 1.42. The first-order chi connectivity index (χ1) is 10.0. The summed E-state index contributed by atoms with van der Waals surface area (Å²) in [4.78, 5) is 13.4. The average Bonchev–Trinajstić information content (AvgIpc) is 2.62. The predicted octanol–water partition coefficient (Wildman–Crippen LogP) is 4.61. The second-order valence-electron chi connectivity index (χ2n) is 4.57. The number of thioether (sulfide) groups is 1. The molecule has 0 spiro atoms. The Labute approximate surface area is 123 Å². The van der Waals surface area contributed by atoms with E-state index in [1.807, 2.05) is 12.1 Å². The van der Waals surface area contributed by atoms with E-state index in [9.17, 15) is 18.0 Å². The van der Waals surface area contributed by atoms with Crippen LogP contribution in [0.2, 0.25) is 0 Å². The first kappa shape index (κ1) is 14.0. The lowest BCUT2D eigenvalue weighted by Gasteiger charge is -2.20. The fourth-order valence-electron chi connectivity index (χ4n) is 2.27. The zero-order valence-electron chi connectivity index (χ0n) is 10.7. The van der Waals surface area contributed by atoms with E-state index < -0.39 is 11.7 Å². The number of fused-ring (bicyclic) bond motifs is 2. The molecule has 21 heavy (non-hydrogen) atoms. The van der Waals surface area contributed by atoms with Crippen molar-refractivity contribution in [3.05, 3.63) is 53.6 Å². The van der Waals surface area contributed by atoms with Gasteiger partial charge in [-0.15, -0.1) is 11.8 Å². The molecule has 0 unspecified atom stereocenters. The first-order valence-electron chi connectivity index (χ1n) is 6.17. The molecular formula is C15H10F3NOS. The highest BCUT2D eigenvalue weighted by Gasteiger charge is 2.32. The van der Waals surface area contributed by atoms with E-state index in [-0.39, 0.29) is 5.69 Å². The minimum Gasteiger partial charge on any atom is -0.282 e. The van der Waals surface area contributed by atoms with Crippen molar-refractivity contribution in [3.8, 4) is 0 Å². The summed E-state index contributed by atoms with van der Waals surface area (Å²) < 4.78 is 38.6. The van der Waals surface area contributed by atoms with Crippen molar-refractivity contribution in [1.29, 1.82) is 0 Å². The topological polar surface area (TPSA) is 20.3 Å². The fourth-order valence-corrected chi connectivity index (χ4v) is 3.30. The Balaban J connectivity index is 2.19. The molecule has 1 aliphatic rings. The van der Waals surface area contributed by atoms with Crippen molar-refractivity contribution in [2.45, 2.75) is 16.8 Å². The van der Waals surface area contributed by atoms with E-state index in [2.05, 4.69) is 0 Å². The van der Waals surface area contributed by atoms with Crippen LogP contribution in [0.3, 0.4) is 0 Å². The molecule has 0 bridgehead atoms. The van der Waals surface area contributed by atoms with E-state index in [0.717, 1.165) is 17.7 Å². The van der Waals surface area contributed by atoms with Crippen LogP contribution in [0, 0.1) is 0 Å². The second kappa shape index (κ2) is 5.11. The zero-order valence-corrected chi connectivity index (χ0v) is 11.5. The van der Waals surface area contributed by atoms with Crippen molar-refractivity contribution in [3.63, 3.8) is 0 Å². The number of carbonyl (C=O) groups is 1. The molecule has 1 amide bonds. The van der Waals surface area contributed by atoms with Gasteiger partial charge >= 0.3 is 6.18 Å². The van der Waals surface area contributed by atoms with Gasteiger partial charge in [-0.3, -0.25) is 9.69 Å². The molecule has 108 valence electrons. The summed E-state index contributed by atoms with van der Waals surface area (Å²) in [6, 6.07) is 10.7. The van der Waals surface area contributed by atoms with Gasteiger partial charge in [-0.2, -0.15) is 13.2 Å². The van der Waals surface area contributed by atoms with Crippen LogP contribution in [0.4, 0.5) is 24.5 Å². The monoisotopic (exact) mass is 309 g/mol. The summed E-state index contributed by atoms with van der Waals surface area (Å²) in [6.07, 6.45) is -3.87. The maximum Gasteiger partial charge on any atom is 0.416 e. The van der Waals surface area contributed by atoms with E-state index in [0.29, 0.717) is 22.7 Å². The van der Waals surface area contributed by atoms with Crippen LogP contribution >= 0.6 is 11.8 Å². The maximum absolute atomic E-state index is 12.9. The summed E-state index contributed by atoms with van der Waals surface area (Å²) in [7, 11) is 0. The molecular weight excluding hydrogens is 299 g/mol. The van der Waals surface area contributed by atoms with E-state index in [4.69, 9.17) is 0 Å². The third-order valence-electron chi connectivity index (χ3n) is 3.29. The van der Waals surface area contributed by atoms with Crippen molar-refractivity contribution in [2.24, 2.45) is 0 Å². The molecule has 0 saturated heterocycles. The third kappa shape index (κ3) is 2.51. The molecule has 6 heteroatoms. The second-order valence-corrected chi connectivity index (χ2v) is 5.59. The van der Waals surface area contributed by atoms with Gasteiger partial charge in [0.2, 0.25) is 6.41 Å². The number of carbonyl (C=O) groups excluding carboxylic acids is 1. The molecule has 1 heterocycles. The number of anilines is 2. The first-order valence-corrected chi connectivity index (χ1v) is 7.16. The Bertz CT molecular complexity index is 700. The van der Waals surface area contributed by atoms with Gasteiger partial charge < -0.3 is 0 Å².